The van der Waals surface area contributed by atoms with Gasteiger partial charge in [0, 0.05) is 32.4 Å². The second-order valence-corrected chi connectivity index (χ2v) is 6.99. The lowest BCUT2D eigenvalue weighted by Gasteiger charge is -2.24. The highest BCUT2D eigenvalue weighted by atomic mass is 16.5. The third kappa shape index (κ3) is 5.96. The highest BCUT2D eigenvalue weighted by molar-refractivity contribution is 5.79. The van der Waals surface area contributed by atoms with E-state index in [9.17, 15) is 0 Å². The van der Waals surface area contributed by atoms with E-state index in [4.69, 9.17) is 4.74 Å². The van der Waals surface area contributed by atoms with Crippen LogP contribution in [0.5, 0.6) is 5.75 Å². The fraction of sp³-hybridized carbons (Fsp3) is 0.455. The van der Waals surface area contributed by atoms with Gasteiger partial charge in [-0.3, -0.25) is 14.9 Å². The van der Waals surface area contributed by atoms with Crippen molar-refractivity contribution in [2.75, 3.05) is 26.7 Å². The number of ether oxygens (including phenoxy) is 1. The van der Waals surface area contributed by atoms with E-state index in [2.05, 4.69) is 44.6 Å². The van der Waals surface area contributed by atoms with Gasteiger partial charge in [0.2, 0.25) is 0 Å². The molecular weight excluding hydrogens is 350 g/mol. The Labute approximate surface area is 168 Å². The third-order valence-corrected chi connectivity index (χ3v) is 5.13. The van der Waals surface area contributed by atoms with Crippen LogP contribution in [-0.2, 0) is 13.2 Å². The summed E-state index contributed by atoms with van der Waals surface area (Å²) in [5.74, 6) is 1.69. The minimum Gasteiger partial charge on any atom is -0.487 e. The summed E-state index contributed by atoms with van der Waals surface area (Å²) in [7, 11) is 1.82. The maximum absolute atomic E-state index is 5.79. The zero-order valence-electron chi connectivity index (χ0n) is 16.9. The summed E-state index contributed by atoms with van der Waals surface area (Å²) in [4.78, 5) is 11.1. The molecular formula is C22H31N5O. The number of hydrogen-bond donors (Lipinski definition) is 2. The van der Waals surface area contributed by atoms with Gasteiger partial charge in [0.05, 0.1) is 5.69 Å². The molecule has 6 heteroatoms. The number of nitrogens with zero attached hydrogens (tertiary/aromatic N) is 3. The first-order valence-electron chi connectivity index (χ1n) is 10.1. The summed E-state index contributed by atoms with van der Waals surface area (Å²) in [5.41, 5.74) is 2.11. The number of aliphatic imine (C=N–C) groups is 1. The SMILES string of the molecule is CCN1CCCC1CNC(=NC)NCc1ccc(OCc2ccccn2)cc1. The quantitative estimate of drug-likeness (QED) is 0.544. The Kier molecular flexibility index (Phi) is 7.67. The van der Waals surface area contributed by atoms with Crippen molar-refractivity contribution in [2.45, 2.75) is 39.0 Å². The molecule has 1 aliphatic heterocycles. The van der Waals surface area contributed by atoms with Crippen LogP contribution in [0.15, 0.2) is 53.7 Å². The molecule has 0 saturated carbocycles. The molecule has 3 rings (SSSR count). The lowest BCUT2D eigenvalue weighted by molar-refractivity contribution is 0.267. The second kappa shape index (κ2) is 10.7. The van der Waals surface area contributed by atoms with Gasteiger partial charge in [-0.05, 0) is 55.8 Å². The molecule has 0 bridgehead atoms. The van der Waals surface area contributed by atoms with Crippen LogP contribution in [0, 0.1) is 0 Å². The molecule has 28 heavy (non-hydrogen) atoms. The molecule has 1 atom stereocenters. The molecule has 0 spiro atoms. The van der Waals surface area contributed by atoms with E-state index in [1.165, 1.54) is 24.9 Å². The van der Waals surface area contributed by atoms with Crippen molar-refractivity contribution < 1.29 is 4.74 Å². The van der Waals surface area contributed by atoms with E-state index in [-0.39, 0.29) is 0 Å². The van der Waals surface area contributed by atoms with Crippen LogP contribution in [0.3, 0.4) is 0 Å². The highest BCUT2D eigenvalue weighted by Gasteiger charge is 2.22. The van der Waals surface area contributed by atoms with E-state index in [0.717, 1.165) is 37.0 Å². The van der Waals surface area contributed by atoms with E-state index in [1.54, 1.807) is 6.20 Å². The molecule has 1 aliphatic rings. The first-order valence-corrected chi connectivity index (χ1v) is 10.1. The Morgan fingerprint density at radius 1 is 1.21 bits per heavy atom. The lowest BCUT2D eigenvalue weighted by atomic mass is 10.2. The number of likely N-dealkylation sites (N-methyl/N-ethyl adjacent to an activating group) is 1. The van der Waals surface area contributed by atoms with Crippen LogP contribution < -0.4 is 15.4 Å². The molecule has 0 aliphatic carbocycles. The smallest absolute Gasteiger partial charge is 0.191 e. The average molecular weight is 382 g/mol. The first-order chi connectivity index (χ1) is 13.8. The van der Waals surface area contributed by atoms with Crippen LogP contribution in [-0.4, -0.2) is 48.6 Å². The van der Waals surface area contributed by atoms with Gasteiger partial charge in [-0.25, -0.2) is 0 Å². The predicted molar refractivity (Wildman–Crippen MR) is 113 cm³/mol. The molecule has 0 radical (unpaired) electrons. The molecule has 1 aromatic heterocycles. The number of aromatic nitrogens is 1. The van der Waals surface area contributed by atoms with Crippen molar-refractivity contribution in [3.8, 4) is 5.75 Å². The number of guanidine groups is 1. The normalized spacial score (nSPS) is 17.5. The fourth-order valence-corrected chi connectivity index (χ4v) is 3.51. The Balaban J connectivity index is 1.41. The first kappa shape index (κ1) is 20.1. The molecule has 1 fully saturated rings. The standard InChI is InChI=1S/C22H31N5O/c1-3-27-14-6-8-20(27)16-26-22(23-2)25-15-18-9-11-21(12-10-18)28-17-19-7-4-5-13-24-19/h4-5,7,9-13,20H,3,6,8,14-17H2,1-2H3,(H2,23,25,26). The molecule has 0 amide bonds. The largest absolute Gasteiger partial charge is 0.487 e. The van der Waals surface area contributed by atoms with Crippen LogP contribution in [0.25, 0.3) is 0 Å². The number of likely N-dealkylation sites (tertiary alicyclic amines) is 1. The monoisotopic (exact) mass is 381 g/mol. The van der Waals surface area contributed by atoms with Crippen molar-refractivity contribution >= 4 is 5.96 Å². The van der Waals surface area contributed by atoms with Crippen molar-refractivity contribution in [1.82, 2.24) is 20.5 Å². The summed E-state index contributed by atoms with van der Waals surface area (Å²) in [5, 5.41) is 6.85. The van der Waals surface area contributed by atoms with Gasteiger partial charge in [-0.15, -0.1) is 0 Å². The van der Waals surface area contributed by atoms with Crippen LogP contribution in [0.4, 0.5) is 0 Å². The minimum absolute atomic E-state index is 0.477. The average Bonchev–Trinajstić information content (AvgIpc) is 3.21. The van der Waals surface area contributed by atoms with Gasteiger partial charge < -0.3 is 15.4 Å². The number of benzene rings is 1. The number of nitrogens with one attached hydrogen (secondary N) is 2. The van der Waals surface area contributed by atoms with Gasteiger partial charge in [0.25, 0.3) is 0 Å². The van der Waals surface area contributed by atoms with E-state index < -0.39 is 0 Å². The van der Waals surface area contributed by atoms with Gasteiger partial charge >= 0.3 is 0 Å². The Hall–Kier alpha value is -2.60. The zero-order valence-corrected chi connectivity index (χ0v) is 16.9. The molecule has 1 saturated heterocycles. The Bertz CT molecular complexity index is 732. The molecule has 1 aromatic carbocycles. The van der Waals surface area contributed by atoms with Crippen LogP contribution in [0.1, 0.15) is 31.0 Å². The predicted octanol–water partition coefficient (Wildman–Crippen LogP) is 2.81. The maximum atomic E-state index is 5.79. The molecule has 6 nitrogen and oxygen atoms in total. The Morgan fingerprint density at radius 3 is 2.79 bits per heavy atom. The van der Waals surface area contributed by atoms with E-state index in [1.807, 2.05) is 37.4 Å². The van der Waals surface area contributed by atoms with Gasteiger partial charge in [-0.2, -0.15) is 0 Å². The van der Waals surface area contributed by atoms with Gasteiger partial charge in [0.15, 0.2) is 5.96 Å². The van der Waals surface area contributed by atoms with Crippen molar-refractivity contribution in [3.63, 3.8) is 0 Å². The lowest BCUT2D eigenvalue weighted by Crippen LogP contribution is -2.44. The molecule has 2 heterocycles. The van der Waals surface area contributed by atoms with Gasteiger partial charge in [-0.1, -0.05) is 25.1 Å². The van der Waals surface area contributed by atoms with Gasteiger partial charge in [0.1, 0.15) is 12.4 Å². The number of hydrogen-bond acceptors (Lipinski definition) is 4. The summed E-state index contributed by atoms with van der Waals surface area (Å²) in [6.45, 7) is 6.70. The number of rotatable bonds is 8. The van der Waals surface area contributed by atoms with Crippen LogP contribution >= 0.6 is 0 Å². The molecule has 150 valence electrons. The molecule has 2 aromatic rings. The fourth-order valence-electron chi connectivity index (χ4n) is 3.51. The minimum atomic E-state index is 0.477. The number of pyridine rings is 1. The third-order valence-electron chi connectivity index (χ3n) is 5.13. The second-order valence-electron chi connectivity index (χ2n) is 6.99. The Morgan fingerprint density at radius 2 is 2.07 bits per heavy atom. The highest BCUT2D eigenvalue weighted by Crippen LogP contribution is 2.16. The zero-order chi connectivity index (χ0) is 19.6. The van der Waals surface area contributed by atoms with E-state index in [0.29, 0.717) is 12.6 Å². The van der Waals surface area contributed by atoms with E-state index >= 15 is 0 Å². The van der Waals surface area contributed by atoms with Crippen LogP contribution in [0.2, 0.25) is 0 Å². The molecule has 2 N–H and O–H groups in total. The van der Waals surface area contributed by atoms with Crippen molar-refractivity contribution in [1.29, 1.82) is 0 Å². The summed E-state index contributed by atoms with van der Waals surface area (Å²) >= 11 is 0. The maximum Gasteiger partial charge on any atom is 0.191 e. The topological polar surface area (TPSA) is 61.8 Å². The summed E-state index contributed by atoms with van der Waals surface area (Å²) < 4.78 is 5.79. The summed E-state index contributed by atoms with van der Waals surface area (Å²) in [6.07, 6.45) is 4.33. The van der Waals surface area contributed by atoms with Crippen molar-refractivity contribution in [3.05, 3.63) is 59.9 Å². The summed E-state index contributed by atoms with van der Waals surface area (Å²) in [6, 6.07) is 14.6. The molecule has 1 unspecified atom stereocenters. The van der Waals surface area contributed by atoms with Crippen molar-refractivity contribution in [2.24, 2.45) is 4.99 Å².